The SMILES string of the molecule is Cc1cc(/C=C(\C#N)c2ccc(F)cc2)c(C)n1-c1ccccn1. The molecular formula is C20H16FN3. The number of benzene rings is 1. The van der Waals surface area contributed by atoms with Gasteiger partial charge >= 0.3 is 0 Å². The van der Waals surface area contributed by atoms with Crippen LogP contribution in [0.25, 0.3) is 17.5 Å². The van der Waals surface area contributed by atoms with E-state index < -0.39 is 0 Å². The molecule has 0 N–H and O–H groups in total. The van der Waals surface area contributed by atoms with Crippen LogP contribution in [0, 0.1) is 31.0 Å². The van der Waals surface area contributed by atoms with Crippen LogP contribution in [0.15, 0.2) is 54.7 Å². The molecule has 4 heteroatoms. The topological polar surface area (TPSA) is 41.6 Å². The van der Waals surface area contributed by atoms with Crippen molar-refractivity contribution in [1.29, 1.82) is 5.26 Å². The molecule has 0 aliphatic heterocycles. The Bertz CT molecular complexity index is 930. The summed E-state index contributed by atoms with van der Waals surface area (Å²) in [6.07, 6.45) is 3.58. The van der Waals surface area contributed by atoms with Gasteiger partial charge in [-0.1, -0.05) is 18.2 Å². The van der Waals surface area contributed by atoms with Crippen LogP contribution >= 0.6 is 0 Å². The highest BCUT2D eigenvalue weighted by Crippen LogP contribution is 2.24. The lowest BCUT2D eigenvalue weighted by molar-refractivity contribution is 0.627. The summed E-state index contributed by atoms with van der Waals surface area (Å²) in [5.74, 6) is 0.525. The van der Waals surface area contributed by atoms with Crippen molar-refractivity contribution in [2.24, 2.45) is 0 Å². The standard InChI is InChI=1S/C20H16FN3/c1-14-11-17(15(2)24(14)20-5-3-4-10-23-20)12-18(13-22)16-6-8-19(21)9-7-16/h3-12H,1-2H3/b18-12+. The Kier molecular flexibility index (Phi) is 4.26. The highest BCUT2D eigenvalue weighted by molar-refractivity contribution is 5.90. The van der Waals surface area contributed by atoms with Crippen molar-refractivity contribution in [3.05, 3.63) is 83.1 Å². The molecule has 3 aromatic rings. The Hall–Kier alpha value is -3.19. The zero-order valence-corrected chi connectivity index (χ0v) is 13.5. The van der Waals surface area contributed by atoms with Crippen LogP contribution in [-0.2, 0) is 0 Å². The van der Waals surface area contributed by atoms with E-state index >= 15 is 0 Å². The number of hydrogen-bond acceptors (Lipinski definition) is 2. The number of rotatable bonds is 3. The third kappa shape index (κ3) is 2.97. The van der Waals surface area contributed by atoms with Gasteiger partial charge in [0.15, 0.2) is 0 Å². The van der Waals surface area contributed by atoms with Crippen LogP contribution in [0.4, 0.5) is 4.39 Å². The van der Waals surface area contributed by atoms with E-state index in [2.05, 4.69) is 11.1 Å². The highest BCUT2D eigenvalue weighted by Gasteiger charge is 2.11. The number of nitrogens with zero attached hydrogens (tertiary/aromatic N) is 3. The Morgan fingerprint density at radius 3 is 2.54 bits per heavy atom. The van der Waals surface area contributed by atoms with E-state index in [1.54, 1.807) is 18.3 Å². The molecule has 0 unspecified atom stereocenters. The van der Waals surface area contributed by atoms with E-state index in [0.29, 0.717) is 11.1 Å². The molecule has 2 heterocycles. The molecule has 0 saturated heterocycles. The van der Waals surface area contributed by atoms with Gasteiger partial charge in [0.1, 0.15) is 11.6 Å². The van der Waals surface area contributed by atoms with E-state index in [1.807, 2.05) is 48.8 Å². The first kappa shape index (κ1) is 15.7. The van der Waals surface area contributed by atoms with E-state index in [1.165, 1.54) is 12.1 Å². The Labute approximate surface area is 140 Å². The second kappa shape index (κ2) is 6.51. The lowest BCUT2D eigenvalue weighted by Crippen LogP contribution is -2.01. The van der Waals surface area contributed by atoms with Crippen molar-refractivity contribution in [3.63, 3.8) is 0 Å². The maximum absolute atomic E-state index is 13.1. The summed E-state index contributed by atoms with van der Waals surface area (Å²) in [7, 11) is 0. The number of nitriles is 1. The number of hydrogen-bond donors (Lipinski definition) is 0. The molecule has 24 heavy (non-hydrogen) atoms. The Morgan fingerprint density at radius 2 is 1.92 bits per heavy atom. The van der Waals surface area contributed by atoms with Gasteiger partial charge in [-0.3, -0.25) is 0 Å². The zero-order valence-electron chi connectivity index (χ0n) is 13.5. The summed E-state index contributed by atoms with van der Waals surface area (Å²) in [4.78, 5) is 4.39. The third-order valence-corrected chi connectivity index (χ3v) is 3.92. The average molecular weight is 317 g/mol. The van der Waals surface area contributed by atoms with Gasteiger partial charge in [0.2, 0.25) is 0 Å². The number of aryl methyl sites for hydroxylation is 1. The zero-order chi connectivity index (χ0) is 17.1. The van der Waals surface area contributed by atoms with Crippen LogP contribution in [0.3, 0.4) is 0 Å². The fourth-order valence-corrected chi connectivity index (χ4v) is 2.74. The van der Waals surface area contributed by atoms with Crippen LogP contribution in [0.5, 0.6) is 0 Å². The lowest BCUT2D eigenvalue weighted by atomic mass is 10.0. The molecule has 1 aromatic carbocycles. The Morgan fingerprint density at radius 1 is 1.17 bits per heavy atom. The van der Waals surface area contributed by atoms with Gasteiger partial charge in [0, 0.05) is 17.6 Å². The largest absolute Gasteiger partial charge is 0.303 e. The van der Waals surface area contributed by atoms with Gasteiger partial charge in [-0.25, -0.2) is 9.37 Å². The number of pyridine rings is 1. The van der Waals surface area contributed by atoms with E-state index in [4.69, 9.17) is 0 Å². The first-order chi connectivity index (χ1) is 11.6. The van der Waals surface area contributed by atoms with Crippen molar-refractivity contribution in [3.8, 4) is 11.9 Å². The van der Waals surface area contributed by atoms with Crippen molar-refractivity contribution in [2.75, 3.05) is 0 Å². The Balaban J connectivity index is 2.07. The maximum atomic E-state index is 13.1. The summed E-state index contributed by atoms with van der Waals surface area (Å²) in [6.45, 7) is 4.00. The first-order valence-electron chi connectivity index (χ1n) is 7.58. The van der Waals surface area contributed by atoms with Crippen LogP contribution in [0.1, 0.15) is 22.5 Å². The molecule has 0 fully saturated rings. The van der Waals surface area contributed by atoms with Gasteiger partial charge in [-0.15, -0.1) is 0 Å². The fraction of sp³-hybridized carbons (Fsp3) is 0.100. The predicted molar refractivity (Wildman–Crippen MR) is 92.9 cm³/mol. The molecule has 0 saturated carbocycles. The number of allylic oxidation sites excluding steroid dienone is 1. The quantitative estimate of drug-likeness (QED) is 0.657. The summed E-state index contributed by atoms with van der Waals surface area (Å²) in [5.41, 5.74) is 4.17. The molecule has 0 aliphatic rings. The molecule has 3 rings (SSSR count). The minimum absolute atomic E-state index is 0.315. The van der Waals surface area contributed by atoms with Crippen LogP contribution in [-0.4, -0.2) is 9.55 Å². The van der Waals surface area contributed by atoms with Gasteiger partial charge < -0.3 is 4.57 Å². The van der Waals surface area contributed by atoms with Crippen molar-refractivity contribution < 1.29 is 4.39 Å². The second-order valence-electron chi connectivity index (χ2n) is 5.53. The summed E-state index contributed by atoms with van der Waals surface area (Å²) in [5, 5.41) is 9.46. The lowest BCUT2D eigenvalue weighted by Gasteiger charge is -2.08. The van der Waals surface area contributed by atoms with Crippen molar-refractivity contribution in [2.45, 2.75) is 13.8 Å². The third-order valence-electron chi connectivity index (χ3n) is 3.92. The van der Waals surface area contributed by atoms with Crippen molar-refractivity contribution >= 4 is 11.6 Å². The summed E-state index contributed by atoms with van der Waals surface area (Å²) >= 11 is 0. The molecule has 118 valence electrons. The minimum Gasteiger partial charge on any atom is -0.303 e. The fourth-order valence-electron chi connectivity index (χ4n) is 2.74. The molecule has 2 aromatic heterocycles. The van der Waals surface area contributed by atoms with Crippen LogP contribution in [0.2, 0.25) is 0 Å². The van der Waals surface area contributed by atoms with Crippen molar-refractivity contribution in [1.82, 2.24) is 9.55 Å². The van der Waals surface area contributed by atoms with E-state index in [0.717, 1.165) is 22.8 Å². The molecular weight excluding hydrogens is 301 g/mol. The number of halogens is 1. The van der Waals surface area contributed by atoms with E-state index in [9.17, 15) is 9.65 Å². The molecule has 3 nitrogen and oxygen atoms in total. The molecule has 0 radical (unpaired) electrons. The molecule has 0 spiro atoms. The van der Waals surface area contributed by atoms with Gasteiger partial charge in [0.05, 0.1) is 11.6 Å². The van der Waals surface area contributed by atoms with Gasteiger partial charge in [0.25, 0.3) is 0 Å². The van der Waals surface area contributed by atoms with Gasteiger partial charge in [-0.2, -0.15) is 5.26 Å². The smallest absolute Gasteiger partial charge is 0.136 e. The van der Waals surface area contributed by atoms with Gasteiger partial charge in [-0.05, 0) is 61.4 Å². The molecule has 0 bridgehead atoms. The maximum Gasteiger partial charge on any atom is 0.136 e. The predicted octanol–water partition coefficient (Wildman–Crippen LogP) is 4.69. The second-order valence-corrected chi connectivity index (χ2v) is 5.53. The minimum atomic E-state index is -0.315. The molecule has 0 aliphatic carbocycles. The first-order valence-corrected chi connectivity index (χ1v) is 7.58. The molecule has 0 atom stereocenters. The van der Waals surface area contributed by atoms with E-state index in [-0.39, 0.29) is 5.82 Å². The normalized spacial score (nSPS) is 11.3. The summed E-state index contributed by atoms with van der Waals surface area (Å²) in [6, 6.07) is 15.9. The monoisotopic (exact) mass is 317 g/mol. The summed E-state index contributed by atoms with van der Waals surface area (Å²) < 4.78 is 15.1. The van der Waals surface area contributed by atoms with Crippen LogP contribution < -0.4 is 0 Å². The molecule has 0 amide bonds. The number of aromatic nitrogens is 2. The average Bonchev–Trinajstić information content (AvgIpc) is 2.88. The highest BCUT2D eigenvalue weighted by atomic mass is 19.1.